The Morgan fingerprint density at radius 3 is 1.90 bits per heavy atom. The molecule has 0 aromatic heterocycles. The number of carbonyl (C=O) groups is 2. The van der Waals surface area contributed by atoms with Crippen LogP contribution in [0.25, 0.3) is 0 Å². The highest BCUT2D eigenvalue weighted by Gasteiger charge is 2.44. The molecule has 2 amide bonds. The van der Waals surface area contributed by atoms with Crippen LogP contribution < -0.4 is 10.2 Å². The monoisotopic (exact) mass is 581 g/mol. The summed E-state index contributed by atoms with van der Waals surface area (Å²) in [5, 5.41) is 3.06. The molecule has 0 unspecified atom stereocenters. The molecule has 2 heterocycles. The van der Waals surface area contributed by atoms with E-state index < -0.39 is 21.1 Å². The molecule has 216 valence electrons. The Balaban J connectivity index is 1.29. The summed E-state index contributed by atoms with van der Waals surface area (Å²) in [5.74, 6) is -0.887. The van der Waals surface area contributed by atoms with Gasteiger partial charge < -0.3 is 15.1 Å². The third kappa shape index (κ3) is 6.27. The third-order valence-corrected chi connectivity index (χ3v) is 9.89. The Labute approximate surface area is 239 Å². The van der Waals surface area contributed by atoms with E-state index in [9.17, 15) is 26.8 Å². The number of likely N-dealkylation sites (tertiary alicyclic amines) is 1. The second kappa shape index (κ2) is 11.6. The van der Waals surface area contributed by atoms with E-state index in [1.54, 1.807) is 41.3 Å². The Morgan fingerprint density at radius 1 is 0.805 bits per heavy atom. The molecule has 3 aromatic rings. The van der Waals surface area contributed by atoms with Crippen molar-refractivity contribution in [3.05, 3.63) is 101 Å². The molecular formula is C31H33F2N3O4S. The molecule has 41 heavy (non-hydrogen) atoms. The fraction of sp³-hybridized carbons (Fsp3) is 0.355. The summed E-state index contributed by atoms with van der Waals surface area (Å²) in [6.45, 7) is 3.35. The number of halogens is 2. The van der Waals surface area contributed by atoms with Gasteiger partial charge in [0.25, 0.3) is 5.91 Å². The first-order valence-corrected chi connectivity index (χ1v) is 15.6. The summed E-state index contributed by atoms with van der Waals surface area (Å²) in [4.78, 5) is 30.9. The summed E-state index contributed by atoms with van der Waals surface area (Å²) in [5.41, 5.74) is 1.87. The number of sulfone groups is 1. The quantitative estimate of drug-likeness (QED) is 0.471. The van der Waals surface area contributed by atoms with E-state index in [2.05, 4.69) is 5.32 Å². The van der Waals surface area contributed by atoms with Gasteiger partial charge in [-0.3, -0.25) is 9.59 Å². The summed E-state index contributed by atoms with van der Waals surface area (Å²) < 4.78 is 50.6. The second-order valence-corrected chi connectivity index (χ2v) is 13.1. The van der Waals surface area contributed by atoms with Crippen LogP contribution in [0.5, 0.6) is 0 Å². The van der Waals surface area contributed by atoms with Crippen LogP contribution in [-0.4, -0.2) is 62.8 Å². The largest absolute Gasteiger partial charge is 0.369 e. The number of anilines is 1. The van der Waals surface area contributed by atoms with E-state index in [4.69, 9.17) is 0 Å². The van der Waals surface area contributed by atoms with Crippen LogP contribution in [-0.2, 0) is 20.0 Å². The number of hydrogen-bond donors (Lipinski definition) is 1. The SMILES string of the molecule is C[C@H](NC(=O)C1(c2ccc(F)cc2)CCN(C(=O)c2ccc(N3CCS(=O)(=O)CC3)cc2)CC1)c1ccc(F)cc1. The fourth-order valence-corrected chi connectivity index (χ4v) is 6.85. The predicted molar refractivity (Wildman–Crippen MR) is 153 cm³/mol. The number of carbonyl (C=O) groups excluding carboxylic acids is 2. The minimum absolute atomic E-state index is 0.119. The van der Waals surface area contributed by atoms with Gasteiger partial charge in [-0.2, -0.15) is 0 Å². The number of rotatable bonds is 6. The highest BCUT2D eigenvalue weighted by Crippen LogP contribution is 2.37. The summed E-state index contributed by atoms with van der Waals surface area (Å²) >= 11 is 0. The number of nitrogens with zero attached hydrogens (tertiary/aromatic N) is 2. The molecule has 2 saturated heterocycles. The van der Waals surface area contributed by atoms with E-state index in [1.807, 2.05) is 24.0 Å². The van der Waals surface area contributed by atoms with Crippen LogP contribution in [0, 0.1) is 11.6 Å². The molecule has 3 aromatic carbocycles. The topological polar surface area (TPSA) is 86.8 Å². The Hall–Kier alpha value is -3.79. The van der Waals surface area contributed by atoms with Crippen molar-refractivity contribution in [2.75, 3.05) is 42.6 Å². The number of nitrogens with one attached hydrogen (secondary N) is 1. The average Bonchev–Trinajstić information content (AvgIpc) is 2.97. The number of benzene rings is 3. The molecule has 10 heteroatoms. The lowest BCUT2D eigenvalue weighted by Gasteiger charge is -2.41. The number of hydrogen-bond acceptors (Lipinski definition) is 5. The minimum Gasteiger partial charge on any atom is -0.369 e. The number of amides is 2. The highest BCUT2D eigenvalue weighted by atomic mass is 32.2. The van der Waals surface area contributed by atoms with Crippen molar-refractivity contribution in [1.82, 2.24) is 10.2 Å². The zero-order valence-electron chi connectivity index (χ0n) is 22.9. The Bertz CT molecular complexity index is 1490. The summed E-state index contributed by atoms with van der Waals surface area (Å²) in [7, 11) is -2.98. The van der Waals surface area contributed by atoms with Gasteiger partial charge in [-0.05, 0) is 79.4 Å². The van der Waals surface area contributed by atoms with E-state index in [1.165, 1.54) is 24.3 Å². The molecule has 0 radical (unpaired) electrons. The maximum Gasteiger partial charge on any atom is 0.253 e. The van der Waals surface area contributed by atoms with Crippen molar-refractivity contribution < 1.29 is 26.8 Å². The first-order chi connectivity index (χ1) is 19.6. The van der Waals surface area contributed by atoms with Crippen molar-refractivity contribution >= 4 is 27.3 Å². The van der Waals surface area contributed by atoms with Gasteiger partial charge in [0, 0.05) is 37.4 Å². The van der Waals surface area contributed by atoms with Gasteiger partial charge in [0.05, 0.1) is 23.0 Å². The molecule has 7 nitrogen and oxygen atoms in total. The smallest absolute Gasteiger partial charge is 0.253 e. The van der Waals surface area contributed by atoms with Crippen molar-refractivity contribution in [3.8, 4) is 0 Å². The molecule has 5 rings (SSSR count). The lowest BCUT2D eigenvalue weighted by molar-refractivity contribution is -0.129. The Morgan fingerprint density at radius 2 is 1.34 bits per heavy atom. The molecular weight excluding hydrogens is 548 g/mol. The van der Waals surface area contributed by atoms with Crippen molar-refractivity contribution in [2.24, 2.45) is 0 Å². The van der Waals surface area contributed by atoms with E-state index in [0.29, 0.717) is 50.1 Å². The second-order valence-electron chi connectivity index (χ2n) is 10.8. The first-order valence-electron chi connectivity index (χ1n) is 13.7. The van der Waals surface area contributed by atoms with Gasteiger partial charge in [0.15, 0.2) is 9.84 Å². The predicted octanol–water partition coefficient (Wildman–Crippen LogP) is 4.25. The zero-order valence-corrected chi connectivity index (χ0v) is 23.7. The van der Waals surface area contributed by atoms with Gasteiger partial charge in [-0.25, -0.2) is 17.2 Å². The molecule has 2 aliphatic heterocycles. The summed E-state index contributed by atoms with van der Waals surface area (Å²) in [6.07, 6.45) is 0.708. The highest BCUT2D eigenvalue weighted by molar-refractivity contribution is 7.91. The van der Waals surface area contributed by atoms with Crippen molar-refractivity contribution in [2.45, 2.75) is 31.2 Å². The maximum absolute atomic E-state index is 13.8. The maximum atomic E-state index is 13.8. The van der Waals surface area contributed by atoms with Gasteiger partial charge >= 0.3 is 0 Å². The third-order valence-electron chi connectivity index (χ3n) is 8.28. The van der Waals surface area contributed by atoms with Crippen LogP contribution in [0.15, 0.2) is 72.8 Å². The van der Waals surface area contributed by atoms with Crippen LogP contribution >= 0.6 is 0 Å². The van der Waals surface area contributed by atoms with E-state index in [-0.39, 0.29) is 35.2 Å². The van der Waals surface area contributed by atoms with Gasteiger partial charge in [0.1, 0.15) is 11.6 Å². The first kappa shape index (κ1) is 28.7. The molecule has 1 N–H and O–H groups in total. The van der Waals surface area contributed by atoms with Crippen LogP contribution in [0.2, 0.25) is 0 Å². The summed E-state index contributed by atoms with van der Waals surface area (Å²) in [6, 6.07) is 18.7. The average molecular weight is 582 g/mol. The molecule has 2 fully saturated rings. The fourth-order valence-electron chi connectivity index (χ4n) is 5.64. The van der Waals surface area contributed by atoms with Crippen LogP contribution in [0.4, 0.5) is 14.5 Å². The lowest BCUT2D eigenvalue weighted by atomic mass is 9.71. The van der Waals surface area contributed by atoms with Crippen LogP contribution in [0.1, 0.15) is 47.3 Å². The van der Waals surface area contributed by atoms with Gasteiger partial charge in [0.2, 0.25) is 5.91 Å². The van der Waals surface area contributed by atoms with E-state index >= 15 is 0 Å². The van der Waals surface area contributed by atoms with Crippen molar-refractivity contribution in [3.63, 3.8) is 0 Å². The van der Waals surface area contributed by atoms with Gasteiger partial charge in [-0.1, -0.05) is 24.3 Å². The molecule has 0 saturated carbocycles. The van der Waals surface area contributed by atoms with E-state index in [0.717, 1.165) is 11.3 Å². The number of piperidine rings is 1. The molecule has 1 atom stereocenters. The van der Waals surface area contributed by atoms with Gasteiger partial charge in [-0.15, -0.1) is 0 Å². The molecule has 0 spiro atoms. The lowest BCUT2D eigenvalue weighted by Crippen LogP contribution is -2.53. The molecule has 0 bridgehead atoms. The Kier molecular flexibility index (Phi) is 8.13. The molecule has 2 aliphatic rings. The van der Waals surface area contributed by atoms with Crippen molar-refractivity contribution in [1.29, 1.82) is 0 Å². The zero-order chi connectivity index (χ0) is 29.2. The minimum atomic E-state index is -2.98. The standard InChI is InChI=1S/C31H33F2N3O4S/c1-22(23-2-8-26(32)9-3-23)34-30(38)31(25-6-10-27(33)11-7-25)14-16-36(17-15-31)29(37)24-4-12-28(13-5-24)35-18-20-41(39,40)21-19-35/h2-13,22H,14-21H2,1H3,(H,34,38)/t22-/m0/s1. The molecule has 0 aliphatic carbocycles. The normalized spacial score (nSPS) is 18.9. The van der Waals surface area contributed by atoms with Crippen LogP contribution in [0.3, 0.4) is 0 Å².